The first kappa shape index (κ1) is 12.6. The van der Waals surface area contributed by atoms with Crippen LogP contribution in [-0.4, -0.2) is 31.4 Å². The van der Waals surface area contributed by atoms with Gasteiger partial charge in [0.1, 0.15) is 12.4 Å². The Hall–Kier alpha value is -1.46. The van der Waals surface area contributed by atoms with Gasteiger partial charge in [-0.3, -0.25) is 0 Å². The predicted octanol–water partition coefficient (Wildman–Crippen LogP) is 1.46. The third kappa shape index (κ3) is 3.29. The fourth-order valence-electron chi connectivity index (χ4n) is 1.07. The lowest BCUT2D eigenvalue weighted by atomic mass is 10.2. The Balaban J connectivity index is 2.75. The van der Waals surface area contributed by atoms with Crippen molar-refractivity contribution in [3.05, 3.63) is 28.8 Å². The van der Waals surface area contributed by atoms with Crippen molar-refractivity contribution in [2.75, 3.05) is 20.3 Å². The molecule has 0 bridgehead atoms. The summed E-state index contributed by atoms with van der Waals surface area (Å²) < 4.78 is 10.2. The Bertz CT molecular complexity index is 382. The first-order chi connectivity index (χ1) is 7.69. The summed E-state index contributed by atoms with van der Waals surface area (Å²) in [4.78, 5) is 0. The van der Waals surface area contributed by atoms with Crippen LogP contribution in [0.5, 0.6) is 5.75 Å². The van der Waals surface area contributed by atoms with Crippen LogP contribution in [0.1, 0.15) is 5.56 Å². The van der Waals surface area contributed by atoms with Crippen molar-refractivity contribution in [3.8, 4) is 5.75 Å². The van der Waals surface area contributed by atoms with Crippen LogP contribution in [-0.2, 0) is 4.74 Å². The molecule has 0 aliphatic rings. The second kappa shape index (κ2) is 6.19. The minimum atomic E-state index is 0.00495. The molecule has 5 nitrogen and oxygen atoms in total. The van der Waals surface area contributed by atoms with Crippen molar-refractivity contribution in [3.63, 3.8) is 0 Å². The second-order valence-electron chi connectivity index (χ2n) is 2.97. The molecule has 0 heterocycles. The number of amidine groups is 1. The number of oxime groups is 1. The summed E-state index contributed by atoms with van der Waals surface area (Å²) in [5, 5.41) is 11.8. The summed E-state index contributed by atoms with van der Waals surface area (Å²) in [6, 6.07) is 4.88. The van der Waals surface area contributed by atoms with Crippen LogP contribution >= 0.6 is 11.6 Å². The molecule has 6 heteroatoms. The summed E-state index contributed by atoms with van der Waals surface area (Å²) in [5.41, 5.74) is 5.95. The first-order valence-electron chi connectivity index (χ1n) is 4.58. The molecule has 0 spiro atoms. The van der Waals surface area contributed by atoms with Gasteiger partial charge in [0, 0.05) is 12.7 Å². The van der Waals surface area contributed by atoms with Crippen LogP contribution in [0.25, 0.3) is 0 Å². The Morgan fingerprint density at radius 1 is 1.50 bits per heavy atom. The van der Waals surface area contributed by atoms with E-state index in [1.165, 1.54) is 0 Å². The van der Waals surface area contributed by atoms with E-state index < -0.39 is 0 Å². The molecule has 0 aliphatic carbocycles. The molecule has 0 atom stereocenters. The van der Waals surface area contributed by atoms with Crippen LogP contribution in [0, 0.1) is 0 Å². The van der Waals surface area contributed by atoms with E-state index in [-0.39, 0.29) is 5.84 Å². The summed E-state index contributed by atoms with van der Waals surface area (Å²) in [6.45, 7) is 0.900. The molecule has 1 rings (SSSR count). The number of nitrogens with two attached hydrogens (primary N) is 1. The van der Waals surface area contributed by atoms with E-state index in [2.05, 4.69) is 5.16 Å². The van der Waals surface area contributed by atoms with E-state index in [0.717, 1.165) is 0 Å². The molecule has 0 fully saturated rings. The molecule has 3 N–H and O–H groups in total. The van der Waals surface area contributed by atoms with Crippen molar-refractivity contribution >= 4 is 17.4 Å². The lowest BCUT2D eigenvalue weighted by molar-refractivity contribution is 0.146. The number of rotatable bonds is 5. The highest BCUT2D eigenvalue weighted by Gasteiger charge is 2.05. The maximum atomic E-state index is 8.49. The van der Waals surface area contributed by atoms with E-state index in [0.29, 0.717) is 29.5 Å². The van der Waals surface area contributed by atoms with Gasteiger partial charge < -0.3 is 20.4 Å². The van der Waals surface area contributed by atoms with Crippen molar-refractivity contribution in [2.45, 2.75) is 0 Å². The van der Waals surface area contributed by atoms with Gasteiger partial charge in [0.05, 0.1) is 11.6 Å². The van der Waals surface area contributed by atoms with Crippen LogP contribution in [0.3, 0.4) is 0 Å². The number of nitrogens with zero attached hydrogens (tertiary/aromatic N) is 1. The standard InChI is InChI=1S/C10H13ClN2O3/c1-15-4-5-16-9-3-2-7(6-8(9)11)10(12)13-14/h2-3,6,14H,4-5H2,1H3,(H2,12,13). The number of hydrogen-bond acceptors (Lipinski definition) is 4. The van der Waals surface area contributed by atoms with E-state index in [4.69, 9.17) is 32.0 Å². The average molecular weight is 245 g/mol. The molecule has 0 amide bonds. The fraction of sp³-hybridized carbons (Fsp3) is 0.300. The normalized spacial score (nSPS) is 11.5. The zero-order chi connectivity index (χ0) is 12.0. The molecule has 1 aromatic carbocycles. The molecule has 0 radical (unpaired) electrons. The third-order valence-electron chi connectivity index (χ3n) is 1.88. The predicted molar refractivity (Wildman–Crippen MR) is 61.3 cm³/mol. The molecule has 88 valence electrons. The lowest BCUT2D eigenvalue weighted by Crippen LogP contribution is -2.13. The molecule has 0 aliphatic heterocycles. The Morgan fingerprint density at radius 3 is 2.81 bits per heavy atom. The second-order valence-corrected chi connectivity index (χ2v) is 3.38. The highest BCUT2D eigenvalue weighted by Crippen LogP contribution is 2.25. The SMILES string of the molecule is COCCOc1ccc(C(N)=NO)cc1Cl. The fourth-order valence-corrected chi connectivity index (χ4v) is 1.31. The molecule has 0 unspecified atom stereocenters. The monoisotopic (exact) mass is 244 g/mol. The average Bonchev–Trinajstić information content (AvgIpc) is 2.30. The molecule has 1 aromatic rings. The molecule has 0 saturated carbocycles. The van der Waals surface area contributed by atoms with Gasteiger partial charge in [0.2, 0.25) is 0 Å². The van der Waals surface area contributed by atoms with Gasteiger partial charge in [-0.15, -0.1) is 0 Å². The Labute approximate surface area is 98.4 Å². The number of benzene rings is 1. The van der Waals surface area contributed by atoms with Gasteiger partial charge in [-0.2, -0.15) is 0 Å². The quantitative estimate of drug-likeness (QED) is 0.270. The smallest absolute Gasteiger partial charge is 0.170 e. The Kier molecular flexibility index (Phi) is 4.88. The van der Waals surface area contributed by atoms with Crippen molar-refractivity contribution in [1.82, 2.24) is 0 Å². The van der Waals surface area contributed by atoms with Crippen molar-refractivity contribution in [1.29, 1.82) is 0 Å². The van der Waals surface area contributed by atoms with Crippen LogP contribution in [0.4, 0.5) is 0 Å². The van der Waals surface area contributed by atoms with Gasteiger partial charge in [-0.25, -0.2) is 0 Å². The van der Waals surface area contributed by atoms with Crippen LogP contribution < -0.4 is 10.5 Å². The number of ether oxygens (including phenoxy) is 2. The number of methoxy groups -OCH3 is 1. The first-order valence-corrected chi connectivity index (χ1v) is 4.96. The highest BCUT2D eigenvalue weighted by molar-refractivity contribution is 6.32. The van der Waals surface area contributed by atoms with E-state index in [1.54, 1.807) is 25.3 Å². The van der Waals surface area contributed by atoms with Gasteiger partial charge in [0.25, 0.3) is 0 Å². The summed E-state index contributed by atoms with van der Waals surface area (Å²) in [6.07, 6.45) is 0. The zero-order valence-corrected chi connectivity index (χ0v) is 9.57. The largest absolute Gasteiger partial charge is 0.490 e. The maximum Gasteiger partial charge on any atom is 0.170 e. The summed E-state index contributed by atoms with van der Waals surface area (Å²) in [7, 11) is 1.59. The number of hydrogen-bond donors (Lipinski definition) is 2. The number of halogens is 1. The van der Waals surface area contributed by atoms with Gasteiger partial charge in [-0.1, -0.05) is 16.8 Å². The maximum absolute atomic E-state index is 8.49. The summed E-state index contributed by atoms with van der Waals surface area (Å²) >= 11 is 5.95. The molecular weight excluding hydrogens is 232 g/mol. The Morgan fingerprint density at radius 2 is 2.25 bits per heavy atom. The van der Waals surface area contributed by atoms with E-state index in [9.17, 15) is 0 Å². The molecular formula is C10H13ClN2O3. The minimum absolute atomic E-state index is 0.00495. The van der Waals surface area contributed by atoms with Gasteiger partial charge in [0.15, 0.2) is 5.84 Å². The minimum Gasteiger partial charge on any atom is -0.490 e. The van der Waals surface area contributed by atoms with Crippen molar-refractivity contribution in [2.24, 2.45) is 10.9 Å². The topological polar surface area (TPSA) is 77.1 Å². The highest BCUT2D eigenvalue weighted by atomic mass is 35.5. The van der Waals surface area contributed by atoms with E-state index in [1.807, 2.05) is 0 Å². The molecule has 0 aromatic heterocycles. The summed E-state index contributed by atoms with van der Waals surface area (Å²) in [5.74, 6) is 0.540. The van der Waals surface area contributed by atoms with Crippen LogP contribution in [0.2, 0.25) is 5.02 Å². The zero-order valence-electron chi connectivity index (χ0n) is 8.81. The van der Waals surface area contributed by atoms with E-state index >= 15 is 0 Å². The lowest BCUT2D eigenvalue weighted by Gasteiger charge is -2.08. The van der Waals surface area contributed by atoms with Gasteiger partial charge >= 0.3 is 0 Å². The van der Waals surface area contributed by atoms with Crippen molar-refractivity contribution < 1.29 is 14.7 Å². The van der Waals surface area contributed by atoms with Crippen LogP contribution in [0.15, 0.2) is 23.4 Å². The molecule has 0 saturated heterocycles. The third-order valence-corrected chi connectivity index (χ3v) is 2.18. The van der Waals surface area contributed by atoms with Gasteiger partial charge in [-0.05, 0) is 18.2 Å². The molecule has 16 heavy (non-hydrogen) atoms.